The molecule has 1 saturated heterocycles. The summed E-state index contributed by atoms with van der Waals surface area (Å²) in [6, 6.07) is 12.6. The molecule has 0 saturated carbocycles. The smallest absolute Gasteiger partial charge is 0.254 e. The van der Waals surface area contributed by atoms with E-state index in [9.17, 15) is 5.11 Å². The van der Waals surface area contributed by atoms with Crippen molar-refractivity contribution in [3.8, 4) is 11.3 Å². The number of hydrogen-bond acceptors (Lipinski definition) is 5. The molecule has 1 aromatic carbocycles. The Balaban J connectivity index is 1.82. The van der Waals surface area contributed by atoms with Gasteiger partial charge in [-0.05, 0) is 25.7 Å². The van der Waals surface area contributed by atoms with Gasteiger partial charge >= 0.3 is 0 Å². The maximum Gasteiger partial charge on any atom is 0.254 e. The Kier molecular flexibility index (Phi) is 4.13. The first kappa shape index (κ1) is 15.1. The van der Waals surface area contributed by atoms with E-state index in [0.717, 1.165) is 42.9 Å². The van der Waals surface area contributed by atoms with E-state index in [1.54, 1.807) is 6.33 Å². The fourth-order valence-electron chi connectivity index (χ4n) is 3.51. The summed E-state index contributed by atoms with van der Waals surface area (Å²) >= 11 is 0. The minimum absolute atomic E-state index is 0.207. The molecule has 0 radical (unpaired) electrons. The molecule has 1 aliphatic rings. The summed E-state index contributed by atoms with van der Waals surface area (Å²) in [4.78, 5) is 11.3. The molecule has 3 aromatic rings. The molecule has 0 amide bonds. The standard InChI is InChI=1S/C18H21N5O/c24-11-9-15-8-4-5-10-22(15)17-12-16(14-6-2-1-3-7-14)21-18-19-13-20-23(17)18/h1-3,6-7,12-13,15,24H,4-5,8-11H2. The number of nitrogens with zero attached hydrogens (tertiary/aromatic N) is 5. The summed E-state index contributed by atoms with van der Waals surface area (Å²) in [5.41, 5.74) is 1.97. The summed E-state index contributed by atoms with van der Waals surface area (Å²) in [6.45, 7) is 1.18. The summed E-state index contributed by atoms with van der Waals surface area (Å²) in [6.07, 6.45) is 5.78. The lowest BCUT2D eigenvalue weighted by atomic mass is 9.99. The van der Waals surface area contributed by atoms with Crippen molar-refractivity contribution >= 4 is 11.6 Å². The van der Waals surface area contributed by atoms with Crippen molar-refractivity contribution in [2.45, 2.75) is 31.7 Å². The molecule has 1 aliphatic heterocycles. The van der Waals surface area contributed by atoms with Gasteiger partial charge in [0.25, 0.3) is 5.78 Å². The van der Waals surface area contributed by atoms with Crippen LogP contribution in [0.2, 0.25) is 0 Å². The molecule has 6 heteroatoms. The van der Waals surface area contributed by atoms with Gasteiger partial charge in [0.05, 0.1) is 5.69 Å². The average molecular weight is 323 g/mol. The summed E-state index contributed by atoms with van der Waals surface area (Å²) < 4.78 is 1.81. The van der Waals surface area contributed by atoms with Crippen LogP contribution in [0.4, 0.5) is 5.82 Å². The third-order valence-electron chi connectivity index (χ3n) is 4.69. The van der Waals surface area contributed by atoms with E-state index in [2.05, 4.69) is 38.2 Å². The second kappa shape index (κ2) is 6.57. The number of aliphatic hydroxyl groups excluding tert-OH is 1. The lowest BCUT2D eigenvalue weighted by Crippen LogP contribution is -2.41. The Hall–Kier alpha value is -2.47. The zero-order chi connectivity index (χ0) is 16.4. The van der Waals surface area contributed by atoms with E-state index in [1.165, 1.54) is 6.42 Å². The van der Waals surface area contributed by atoms with Gasteiger partial charge in [-0.15, -0.1) is 0 Å². The predicted octanol–water partition coefficient (Wildman–Crippen LogP) is 2.53. The van der Waals surface area contributed by atoms with Crippen molar-refractivity contribution in [3.63, 3.8) is 0 Å². The number of piperidine rings is 1. The minimum atomic E-state index is 0.207. The van der Waals surface area contributed by atoms with Crippen LogP contribution >= 0.6 is 0 Å². The molecule has 6 nitrogen and oxygen atoms in total. The van der Waals surface area contributed by atoms with Crippen LogP contribution in [-0.2, 0) is 0 Å². The van der Waals surface area contributed by atoms with Gasteiger partial charge < -0.3 is 10.0 Å². The molecule has 124 valence electrons. The normalized spacial score (nSPS) is 18.2. The van der Waals surface area contributed by atoms with Crippen LogP contribution in [0.25, 0.3) is 17.0 Å². The summed E-state index contributed by atoms with van der Waals surface area (Å²) in [5, 5.41) is 13.8. The number of benzene rings is 1. The zero-order valence-corrected chi connectivity index (χ0v) is 13.5. The first-order valence-electron chi connectivity index (χ1n) is 8.50. The van der Waals surface area contributed by atoms with Crippen molar-refractivity contribution in [1.29, 1.82) is 0 Å². The van der Waals surface area contributed by atoms with Gasteiger partial charge in [-0.2, -0.15) is 14.6 Å². The maximum atomic E-state index is 9.42. The highest BCUT2D eigenvalue weighted by molar-refractivity contribution is 5.66. The van der Waals surface area contributed by atoms with Gasteiger partial charge in [-0.3, -0.25) is 0 Å². The third kappa shape index (κ3) is 2.73. The number of rotatable bonds is 4. The SMILES string of the molecule is OCCC1CCCCN1c1cc(-c2ccccc2)nc2ncnn12. The largest absolute Gasteiger partial charge is 0.396 e. The quantitative estimate of drug-likeness (QED) is 0.799. The maximum absolute atomic E-state index is 9.42. The van der Waals surface area contributed by atoms with Gasteiger partial charge in [0.2, 0.25) is 0 Å². The highest BCUT2D eigenvalue weighted by Crippen LogP contribution is 2.29. The van der Waals surface area contributed by atoms with Gasteiger partial charge in [0.15, 0.2) is 0 Å². The first-order valence-corrected chi connectivity index (χ1v) is 8.50. The molecule has 4 rings (SSSR count). The monoisotopic (exact) mass is 323 g/mol. The highest BCUT2D eigenvalue weighted by Gasteiger charge is 2.25. The van der Waals surface area contributed by atoms with E-state index in [-0.39, 0.29) is 6.61 Å². The lowest BCUT2D eigenvalue weighted by Gasteiger charge is -2.37. The van der Waals surface area contributed by atoms with Crippen molar-refractivity contribution in [2.24, 2.45) is 0 Å². The number of fused-ring (bicyclic) bond motifs is 1. The zero-order valence-electron chi connectivity index (χ0n) is 13.5. The van der Waals surface area contributed by atoms with Gasteiger partial charge in [-0.25, -0.2) is 4.98 Å². The van der Waals surface area contributed by atoms with Crippen molar-refractivity contribution in [1.82, 2.24) is 19.6 Å². The van der Waals surface area contributed by atoms with Crippen molar-refractivity contribution < 1.29 is 5.11 Å². The third-order valence-corrected chi connectivity index (χ3v) is 4.69. The molecule has 2 aromatic heterocycles. The molecular formula is C18H21N5O. The number of anilines is 1. The summed E-state index contributed by atoms with van der Waals surface area (Å²) in [7, 11) is 0. The lowest BCUT2D eigenvalue weighted by molar-refractivity contribution is 0.262. The Morgan fingerprint density at radius 1 is 1.17 bits per heavy atom. The van der Waals surface area contributed by atoms with Gasteiger partial charge in [0, 0.05) is 30.8 Å². The van der Waals surface area contributed by atoms with E-state index in [1.807, 2.05) is 22.7 Å². The first-order chi connectivity index (χ1) is 11.9. The minimum Gasteiger partial charge on any atom is -0.396 e. The van der Waals surface area contributed by atoms with Gasteiger partial charge in [0.1, 0.15) is 12.1 Å². The van der Waals surface area contributed by atoms with Crippen LogP contribution in [0.5, 0.6) is 0 Å². The molecule has 0 aliphatic carbocycles. The molecule has 1 fully saturated rings. The Bertz CT molecular complexity index is 815. The molecule has 0 bridgehead atoms. The number of hydrogen-bond donors (Lipinski definition) is 1. The van der Waals surface area contributed by atoms with E-state index in [4.69, 9.17) is 0 Å². The van der Waals surface area contributed by atoms with Crippen LogP contribution in [-0.4, -0.2) is 43.9 Å². The molecule has 1 unspecified atom stereocenters. The van der Waals surface area contributed by atoms with E-state index >= 15 is 0 Å². The van der Waals surface area contributed by atoms with E-state index in [0.29, 0.717) is 11.8 Å². The Labute approximate surface area is 140 Å². The van der Waals surface area contributed by atoms with Crippen molar-refractivity contribution in [2.75, 3.05) is 18.1 Å². The van der Waals surface area contributed by atoms with Crippen LogP contribution in [0.3, 0.4) is 0 Å². The fourth-order valence-corrected chi connectivity index (χ4v) is 3.51. The predicted molar refractivity (Wildman–Crippen MR) is 92.9 cm³/mol. The topological polar surface area (TPSA) is 66.5 Å². The number of aromatic nitrogens is 4. The van der Waals surface area contributed by atoms with Crippen LogP contribution < -0.4 is 4.90 Å². The molecule has 0 spiro atoms. The molecular weight excluding hydrogens is 302 g/mol. The molecule has 3 heterocycles. The number of aliphatic hydroxyl groups is 1. The van der Waals surface area contributed by atoms with Crippen LogP contribution in [0.15, 0.2) is 42.7 Å². The van der Waals surface area contributed by atoms with Crippen LogP contribution in [0.1, 0.15) is 25.7 Å². The summed E-state index contributed by atoms with van der Waals surface area (Å²) in [5.74, 6) is 1.62. The second-order valence-electron chi connectivity index (χ2n) is 6.19. The Morgan fingerprint density at radius 3 is 2.88 bits per heavy atom. The molecule has 24 heavy (non-hydrogen) atoms. The van der Waals surface area contributed by atoms with E-state index < -0.39 is 0 Å². The Morgan fingerprint density at radius 2 is 2.04 bits per heavy atom. The fraction of sp³-hybridized carbons (Fsp3) is 0.389. The second-order valence-corrected chi connectivity index (χ2v) is 6.19. The van der Waals surface area contributed by atoms with Gasteiger partial charge in [-0.1, -0.05) is 30.3 Å². The van der Waals surface area contributed by atoms with Crippen LogP contribution in [0, 0.1) is 0 Å². The van der Waals surface area contributed by atoms with Crippen molar-refractivity contribution in [3.05, 3.63) is 42.7 Å². The molecule has 1 atom stereocenters. The average Bonchev–Trinajstić information content (AvgIpc) is 3.11. The molecule has 1 N–H and O–H groups in total. The highest BCUT2D eigenvalue weighted by atomic mass is 16.3.